The molecule has 6 nitrogen and oxygen atoms in total. The second-order valence-corrected chi connectivity index (χ2v) is 8.89. The molecule has 1 aliphatic rings. The molecule has 1 saturated heterocycles. The molecule has 0 unspecified atom stereocenters. The number of carbonyl (C=O) groups excluding carboxylic acids is 1. The second kappa shape index (κ2) is 9.04. The van der Waals surface area contributed by atoms with Crippen molar-refractivity contribution in [2.45, 2.75) is 38.6 Å². The van der Waals surface area contributed by atoms with E-state index in [4.69, 9.17) is 4.42 Å². The van der Waals surface area contributed by atoms with Crippen molar-refractivity contribution in [3.63, 3.8) is 0 Å². The van der Waals surface area contributed by atoms with E-state index in [1.54, 1.807) is 23.7 Å². The summed E-state index contributed by atoms with van der Waals surface area (Å²) >= 11 is 1.56. The molecular weight excluding hydrogens is 420 g/mol. The van der Waals surface area contributed by atoms with E-state index in [9.17, 15) is 4.79 Å². The smallest absolute Gasteiger partial charge is 0.256 e. The zero-order valence-electron chi connectivity index (χ0n) is 17.9. The Bertz CT molecular complexity index is 1200. The number of thiazole rings is 1. The van der Waals surface area contributed by atoms with Crippen LogP contribution >= 0.6 is 11.3 Å². The molecular formula is C25H24N4O2S. The molecule has 162 valence electrons. The molecule has 5 rings (SSSR count). The normalized spacial score (nSPS) is 16.3. The molecule has 7 heteroatoms. The standard InChI is InChI=1S/C25H24N4O2S/c1-17-23(32-16-28-17)21-11-10-19(14-26-21)25(30)29-12-6-5-9-22(29)24-27-15-20(31-24)13-18-7-3-2-4-8-18/h2-4,7-8,10-11,14-16,22H,5-6,9,12-13H2,1H3/t22-/m0/s1. The van der Waals surface area contributed by atoms with Crippen LogP contribution in [0, 0.1) is 6.92 Å². The minimum Gasteiger partial charge on any atom is -0.443 e. The number of likely N-dealkylation sites (tertiary alicyclic amines) is 1. The fraction of sp³-hybridized carbons (Fsp3) is 0.280. The number of rotatable bonds is 5. The molecule has 1 atom stereocenters. The number of hydrogen-bond donors (Lipinski definition) is 0. The third kappa shape index (κ3) is 4.21. The minimum absolute atomic E-state index is 0.0300. The Morgan fingerprint density at radius 2 is 1.97 bits per heavy atom. The highest BCUT2D eigenvalue weighted by atomic mass is 32.1. The van der Waals surface area contributed by atoms with Crippen LogP contribution in [0.1, 0.15) is 58.6 Å². The van der Waals surface area contributed by atoms with Crippen molar-refractivity contribution in [3.8, 4) is 10.6 Å². The van der Waals surface area contributed by atoms with Gasteiger partial charge in [0, 0.05) is 19.2 Å². The first-order chi connectivity index (χ1) is 15.7. The summed E-state index contributed by atoms with van der Waals surface area (Å²) in [7, 11) is 0. The maximum absolute atomic E-state index is 13.4. The van der Waals surface area contributed by atoms with Gasteiger partial charge in [0.05, 0.1) is 33.5 Å². The Morgan fingerprint density at radius 3 is 2.72 bits per heavy atom. The molecule has 4 heterocycles. The lowest BCUT2D eigenvalue weighted by molar-refractivity contribution is 0.0569. The van der Waals surface area contributed by atoms with Gasteiger partial charge < -0.3 is 9.32 Å². The number of benzene rings is 1. The van der Waals surface area contributed by atoms with Crippen molar-refractivity contribution >= 4 is 17.2 Å². The van der Waals surface area contributed by atoms with E-state index in [1.807, 2.05) is 47.7 Å². The number of carbonyl (C=O) groups is 1. The molecule has 32 heavy (non-hydrogen) atoms. The Kier molecular flexibility index (Phi) is 5.81. The average Bonchev–Trinajstić information content (AvgIpc) is 3.48. The first kappa shape index (κ1) is 20.6. The lowest BCUT2D eigenvalue weighted by Gasteiger charge is -2.33. The highest BCUT2D eigenvalue weighted by Gasteiger charge is 2.32. The Hall–Kier alpha value is -3.32. The van der Waals surface area contributed by atoms with Crippen LogP contribution < -0.4 is 0 Å². The van der Waals surface area contributed by atoms with E-state index in [1.165, 1.54) is 5.56 Å². The van der Waals surface area contributed by atoms with Crippen molar-refractivity contribution in [2.75, 3.05) is 6.54 Å². The Balaban J connectivity index is 1.34. The number of pyridine rings is 1. The monoisotopic (exact) mass is 444 g/mol. The van der Waals surface area contributed by atoms with Gasteiger partial charge in [-0.25, -0.2) is 9.97 Å². The number of nitrogens with zero attached hydrogens (tertiary/aromatic N) is 4. The zero-order chi connectivity index (χ0) is 21.9. The first-order valence-corrected chi connectivity index (χ1v) is 11.7. The lowest BCUT2D eigenvalue weighted by atomic mass is 10.0. The van der Waals surface area contributed by atoms with Crippen LogP contribution in [-0.4, -0.2) is 32.3 Å². The molecule has 1 fully saturated rings. The van der Waals surface area contributed by atoms with Crippen LogP contribution in [0.15, 0.2) is 64.8 Å². The number of hydrogen-bond acceptors (Lipinski definition) is 6. The van der Waals surface area contributed by atoms with E-state index in [-0.39, 0.29) is 11.9 Å². The lowest BCUT2D eigenvalue weighted by Crippen LogP contribution is -2.38. The van der Waals surface area contributed by atoms with Crippen molar-refractivity contribution < 1.29 is 9.21 Å². The van der Waals surface area contributed by atoms with Crippen LogP contribution in [0.4, 0.5) is 0 Å². The predicted octanol–water partition coefficient (Wildman–Crippen LogP) is 5.46. The number of aryl methyl sites for hydroxylation is 1. The SMILES string of the molecule is Cc1ncsc1-c1ccc(C(=O)N2CCCC[C@H]2c2ncc(Cc3ccccc3)o2)cn1. The van der Waals surface area contributed by atoms with Gasteiger partial charge in [-0.15, -0.1) is 11.3 Å². The first-order valence-electron chi connectivity index (χ1n) is 10.8. The third-order valence-corrected chi connectivity index (χ3v) is 6.78. The van der Waals surface area contributed by atoms with E-state index < -0.39 is 0 Å². The Labute approximate surface area is 191 Å². The summed E-state index contributed by atoms with van der Waals surface area (Å²) < 4.78 is 6.10. The highest BCUT2D eigenvalue weighted by Crippen LogP contribution is 2.32. The van der Waals surface area contributed by atoms with Crippen molar-refractivity contribution in [1.29, 1.82) is 0 Å². The van der Waals surface area contributed by atoms with Crippen LogP contribution in [0.3, 0.4) is 0 Å². The van der Waals surface area contributed by atoms with Gasteiger partial charge in [-0.1, -0.05) is 30.3 Å². The number of piperidine rings is 1. The highest BCUT2D eigenvalue weighted by molar-refractivity contribution is 7.13. The maximum Gasteiger partial charge on any atom is 0.256 e. The molecule has 0 saturated carbocycles. The predicted molar refractivity (Wildman–Crippen MR) is 123 cm³/mol. The number of oxazole rings is 1. The quantitative estimate of drug-likeness (QED) is 0.409. The Morgan fingerprint density at radius 1 is 1.09 bits per heavy atom. The van der Waals surface area contributed by atoms with Crippen molar-refractivity contribution in [2.24, 2.45) is 0 Å². The van der Waals surface area contributed by atoms with Gasteiger partial charge in [0.1, 0.15) is 11.8 Å². The van der Waals surface area contributed by atoms with E-state index in [0.29, 0.717) is 24.4 Å². The zero-order valence-corrected chi connectivity index (χ0v) is 18.7. The van der Waals surface area contributed by atoms with Gasteiger partial charge in [0.2, 0.25) is 5.89 Å². The fourth-order valence-electron chi connectivity index (χ4n) is 4.16. The van der Waals surface area contributed by atoms with Gasteiger partial charge in [0.25, 0.3) is 5.91 Å². The molecule has 0 N–H and O–H groups in total. The van der Waals surface area contributed by atoms with Crippen LogP contribution in [0.2, 0.25) is 0 Å². The molecule has 0 radical (unpaired) electrons. The molecule has 3 aromatic heterocycles. The number of amides is 1. The van der Waals surface area contributed by atoms with Crippen molar-refractivity contribution in [1.82, 2.24) is 19.9 Å². The average molecular weight is 445 g/mol. The number of aromatic nitrogens is 3. The topological polar surface area (TPSA) is 72.1 Å². The van der Waals surface area contributed by atoms with E-state index in [0.717, 1.165) is 41.3 Å². The molecule has 4 aromatic rings. The van der Waals surface area contributed by atoms with Crippen molar-refractivity contribution in [3.05, 3.63) is 88.8 Å². The van der Waals surface area contributed by atoms with Gasteiger partial charge in [-0.3, -0.25) is 9.78 Å². The van der Waals surface area contributed by atoms with E-state index in [2.05, 4.69) is 27.1 Å². The largest absolute Gasteiger partial charge is 0.443 e. The van der Waals surface area contributed by atoms with Gasteiger partial charge in [-0.2, -0.15) is 0 Å². The van der Waals surface area contributed by atoms with Gasteiger partial charge >= 0.3 is 0 Å². The molecule has 0 spiro atoms. The van der Waals surface area contributed by atoms with Crippen LogP contribution in [-0.2, 0) is 6.42 Å². The minimum atomic E-state index is -0.149. The van der Waals surface area contributed by atoms with Gasteiger partial charge in [-0.05, 0) is 43.9 Å². The summed E-state index contributed by atoms with van der Waals surface area (Å²) in [4.78, 5) is 29.6. The summed E-state index contributed by atoms with van der Waals surface area (Å²) in [5.41, 5.74) is 5.36. The summed E-state index contributed by atoms with van der Waals surface area (Å²) in [6, 6.07) is 13.8. The molecule has 0 bridgehead atoms. The molecule has 0 aliphatic carbocycles. The third-order valence-electron chi connectivity index (χ3n) is 5.83. The van der Waals surface area contributed by atoms with Gasteiger partial charge in [0.15, 0.2) is 0 Å². The van der Waals surface area contributed by atoms with Crippen LogP contribution in [0.5, 0.6) is 0 Å². The molecule has 1 aliphatic heterocycles. The fourth-order valence-corrected chi connectivity index (χ4v) is 4.94. The van der Waals surface area contributed by atoms with E-state index >= 15 is 0 Å². The molecule has 1 amide bonds. The summed E-state index contributed by atoms with van der Waals surface area (Å²) in [6.07, 6.45) is 7.02. The molecule has 1 aromatic carbocycles. The summed E-state index contributed by atoms with van der Waals surface area (Å²) in [6.45, 7) is 2.66. The van der Waals surface area contributed by atoms with Crippen LogP contribution in [0.25, 0.3) is 10.6 Å². The summed E-state index contributed by atoms with van der Waals surface area (Å²) in [5.74, 6) is 1.40. The second-order valence-electron chi connectivity index (χ2n) is 8.04. The summed E-state index contributed by atoms with van der Waals surface area (Å²) in [5, 5.41) is 0. The maximum atomic E-state index is 13.4.